The van der Waals surface area contributed by atoms with E-state index in [0.29, 0.717) is 18.9 Å². The number of carbonyl (C=O) groups is 2. The highest BCUT2D eigenvalue weighted by molar-refractivity contribution is 5.91. The topological polar surface area (TPSA) is 84.2 Å². The summed E-state index contributed by atoms with van der Waals surface area (Å²) in [5.41, 5.74) is 6.89. The first-order chi connectivity index (χ1) is 11.8. The van der Waals surface area contributed by atoms with Gasteiger partial charge >= 0.3 is 0 Å². The van der Waals surface area contributed by atoms with Gasteiger partial charge in [0.05, 0.1) is 6.04 Å². The maximum Gasteiger partial charge on any atom is 0.244 e. The number of carbonyl (C=O) groups excluding carboxylic acids is 2. The molecule has 25 heavy (non-hydrogen) atoms. The molecule has 0 aliphatic rings. The third-order valence-corrected chi connectivity index (χ3v) is 3.92. The maximum absolute atomic E-state index is 12.2. The highest BCUT2D eigenvalue weighted by Gasteiger charge is 2.21. The molecule has 1 aromatic carbocycles. The normalized spacial score (nSPS) is 13.9. The highest BCUT2D eigenvalue weighted by atomic mass is 16.2. The molecule has 0 aromatic heterocycles. The van der Waals surface area contributed by atoms with Crippen LogP contribution >= 0.6 is 0 Å². The fraction of sp³-hybridized carbons (Fsp3) is 0.500. The first-order valence-corrected chi connectivity index (χ1v) is 8.86. The molecule has 5 nitrogen and oxygen atoms in total. The summed E-state index contributed by atoms with van der Waals surface area (Å²) < 4.78 is 0. The number of nitrogens with two attached hydrogens (primary N) is 1. The molecule has 0 fully saturated rings. The van der Waals surface area contributed by atoms with Crippen LogP contribution in [0.3, 0.4) is 0 Å². The predicted molar refractivity (Wildman–Crippen MR) is 103 cm³/mol. The Kier molecular flexibility index (Phi) is 8.92. The van der Waals surface area contributed by atoms with E-state index in [0.717, 1.165) is 5.56 Å². The van der Waals surface area contributed by atoms with Gasteiger partial charge in [-0.1, -0.05) is 58.0 Å². The van der Waals surface area contributed by atoms with Crippen molar-refractivity contribution in [3.05, 3.63) is 42.0 Å². The third-order valence-electron chi connectivity index (χ3n) is 3.92. The lowest BCUT2D eigenvalue weighted by Crippen LogP contribution is -2.51. The van der Waals surface area contributed by atoms with Gasteiger partial charge in [-0.3, -0.25) is 9.59 Å². The van der Waals surface area contributed by atoms with Gasteiger partial charge in [0.1, 0.15) is 0 Å². The Balaban J connectivity index is 2.51. The van der Waals surface area contributed by atoms with Crippen molar-refractivity contribution in [1.82, 2.24) is 10.6 Å². The Morgan fingerprint density at radius 3 is 2.32 bits per heavy atom. The second-order valence-electron chi connectivity index (χ2n) is 7.08. The van der Waals surface area contributed by atoms with Crippen LogP contribution in [0.5, 0.6) is 0 Å². The van der Waals surface area contributed by atoms with Gasteiger partial charge in [0.25, 0.3) is 0 Å². The Morgan fingerprint density at radius 2 is 1.76 bits per heavy atom. The quantitative estimate of drug-likeness (QED) is 0.601. The van der Waals surface area contributed by atoms with Crippen LogP contribution in [0.15, 0.2) is 36.4 Å². The van der Waals surface area contributed by atoms with E-state index in [9.17, 15) is 9.59 Å². The first kappa shape index (κ1) is 20.9. The minimum atomic E-state index is -0.519. The second-order valence-corrected chi connectivity index (χ2v) is 7.08. The standard InChI is InChI=1S/C20H31N3O2/c1-14(2)12-17(21)20(25)23-18(15(3)4)13-22-19(24)11-10-16-8-6-5-7-9-16/h5-11,14-15,17-18H,12-13,21H2,1-4H3,(H,22,24)(H,23,25)/b11-10+/t17-,18+/m0/s1. The van der Waals surface area contributed by atoms with Crippen molar-refractivity contribution in [2.24, 2.45) is 17.6 Å². The highest BCUT2D eigenvalue weighted by Crippen LogP contribution is 2.06. The minimum absolute atomic E-state index is 0.153. The number of rotatable bonds is 9. The lowest BCUT2D eigenvalue weighted by Gasteiger charge is -2.24. The largest absolute Gasteiger partial charge is 0.350 e. The van der Waals surface area contributed by atoms with Crippen LogP contribution < -0.4 is 16.4 Å². The number of amides is 2. The summed E-state index contributed by atoms with van der Waals surface area (Å²) in [5, 5.41) is 5.79. The Bertz CT molecular complexity index is 568. The first-order valence-electron chi connectivity index (χ1n) is 8.86. The summed E-state index contributed by atoms with van der Waals surface area (Å²) in [4.78, 5) is 24.2. The zero-order valence-corrected chi connectivity index (χ0v) is 15.7. The molecule has 138 valence electrons. The van der Waals surface area contributed by atoms with Gasteiger partial charge < -0.3 is 16.4 Å². The van der Waals surface area contributed by atoms with Gasteiger partial charge in [0, 0.05) is 18.7 Å². The van der Waals surface area contributed by atoms with E-state index < -0.39 is 6.04 Å². The van der Waals surface area contributed by atoms with E-state index in [1.807, 2.05) is 58.0 Å². The summed E-state index contributed by atoms with van der Waals surface area (Å²) in [7, 11) is 0. The summed E-state index contributed by atoms with van der Waals surface area (Å²) >= 11 is 0. The number of hydrogen-bond donors (Lipinski definition) is 3. The molecule has 0 saturated heterocycles. The molecule has 1 rings (SSSR count). The van der Waals surface area contributed by atoms with Gasteiger partial charge in [-0.05, 0) is 29.9 Å². The van der Waals surface area contributed by atoms with Crippen LogP contribution in [0.25, 0.3) is 6.08 Å². The maximum atomic E-state index is 12.2. The van der Waals surface area contributed by atoms with Crippen molar-refractivity contribution < 1.29 is 9.59 Å². The molecule has 0 heterocycles. The molecule has 0 bridgehead atoms. The SMILES string of the molecule is CC(C)C[C@H](N)C(=O)N[C@H](CNC(=O)/C=C/c1ccccc1)C(C)C. The fourth-order valence-electron chi connectivity index (χ4n) is 2.36. The molecule has 0 aliphatic heterocycles. The zero-order chi connectivity index (χ0) is 18.8. The monoisotopic (exact) mass is 345 g/mol. The Hall–Kier alpha value is -2.14. The van der Waals surface area contributed by atoms with Crippen molar-refractivity contribution in [3.63, 3.8) is 0 Å². The van der Waals surface area contributed by atoms with Crippen molar-refractivity contribution in [1.29, 1.82) is 0 Å². The molecule has 2 atom stereocenters. The van der Waals surface area contributed by atoms with E-state index in [1.54, 1.807) is 6.08 Å². The summed E-state index contributed by atoms with van der Waals surface area (Å²) in [6, 6.07) is 8.95. The average Bonchev–Trinajstić information content (AvgIpc) is 2.56. The lowest BCUT2D eigenvalue weighted by atomic mass is 10.0. The van der Waals surface area contributed by atoms with Crippen LogP contribution in [0.1, 0.15) is 39.7 Å². The number of benzene rings is 1. The van der Waals surface area contributed by atoms with Crippen LogP contribution in [0, 0.1) is 11.8 Å². The van der Waals surface area contributed by atoms with Crippen LogP contribution in [-0.4, -0.2) is 30.4 Å². The molecule has 2 amide bonds. The molecule has 4 N–H and O–H groups in total. The average molecular weight is 345 g/mol. The molecule has 0 saturated carbocycles. The number of hydrogen-bond acceptors (Lipinski definition) is 3. The number of nitrogens with one attached hydrogen (secondary N) is 2. The minimum Gasteiger partial charge on any atom is -0.350 e. The predicted octanol–water partition coefficient (Wildman–Crippen LogP) is 2.33. The molecule has 0 aliphatic carbocycles. The summed E-state index contributed by atoms with van der Waals surface area (Å²) in [6.07, 6.45) is 3.90. The van der Waals surface area contributed by atoms with Gasteiger partial charge in [-0.2, -0.15) is 0 Å². The van der Waals surface area contributed by atoms with E-state index in [2.05, 4.69) is 10.6 Å². The van der Waals surface area contributed by atoms with Crippen molar-refractivity contribution >= 4 is 17.9 Å². The van der Waals surface area contributed by atoms with Gasteiger partial charge in [-0.25, -0.2) is 0 Å². The Labute approximate surface area is 151 Å². The van der Waals surface area contributed by atoms with E-state index in [4.69, 9.17) is 5.73 Å². The van der Waals surface area contributed by atoms with Crippen molar-refractivity contribution in [2.45, 2.75) is 46.2 Å². The van der Waals surface area contributed by atoms with Gasteiger partial charge in [0.2, 0.25) is 11.8 Å². The summed E-state index contributed by atoms with van der Waals surface area (Å²) in [5.74, 6) is 0.200. The molecule has 0 spiro atoms. The van der Waals surface area contributed by atoms with E-state index in [1.165, 1.54) is 6.08 Å². The fourth-order valence-corrected chi connectivity index (χ4v) is 2.36. The van der Waals surface area contributed by atoms with E-state index in [-0.39, 0.29) is 23.8 Å². The second kappa shape index (κ2) is 10.7. The van der Waals surface area contributed by atoms with Crippen LogP contribution in [0.4, 0.5) is 0 Å². The van der Waals surface area contributed by atoms with E-state index >= 15 is 0 Å². The lowest BCUT2D eigenvalue weighted by molar-refractivity contribution is -0.124. The molecular weight excluding hydrogens is 314 g/mol. The van der Waals surface area contributed by atoms with Crippen LogP contribution in [-0.2, 0) is 9.59 Å². The zero-order valence-electron chi connectivity index (χ0n) is 15.7. The van der Waals surface area contributed by atoms with Gasteiger partial charge in [-0.15, -0.1) is 0 Å². The van der Waals surface area contributed by atoms with Crippen molar-refractivity contribution in [2.75, 3.05) is 6.54 Å². The third kappa shape index (κ3) is 8.49. The van der Waals surface area contributed by atoms with Gasteiger partial charge in [0.15, 0.2) is 0 Å². The van der Waals surface area contributed by atoms with Crippen molar-refractivity contribution in [3.8, 4) is 0 Å². The summed E-state index contributed by atoms with van der Waals surface area (Å²) in [6.45, 7) is 8.45. The molecule has 0 radical (unpaired) electrons. The molecule has 5 heteroatoms. The smallest absolute Gasteiger partial charge is 0.244 e. The molecule has 1 aromatic rings. The Morgan fingerprint density at radius 1 is 1.12 bits per heavy atom. The molecular formula is C20H31N3O2. The van der Waals surface area contributed by atoms with Crippen LogP contribution in [0.2, 0.25) is 0 Å². The molecule has 0 unspecified atom stereocenters.